The van der Waals surface area contributed by atoms with E-state index in [2.05, 4.69) is 9.82 Å². The van der Waals surface area contributed by atoms with Crippen LogP contribution in [-0.4, -0.2) is 27.6 Å². The highest BCUT2D eigenvalue weighted by Crippen LogP contribution is 2.21. The summed E-state index contributed by atoms with van der Waals surface area (Å²) in [4.78, 5) is 13.1. The van der Waals surface area contributed by atoms with E-state index < -0.39 is 15.6 Å². The second-order valence-corrected chi connectivity index (χ2v) is 8.95. The van der Waals surface area contributed by atoms with Crippen LogP contribution in [0.5, 0.6) is 0 Å². The number of benzene rings is 2. The number of para-hydroxylation sites is 1. The highest BCUT2D eigenvalue weighted by atomic mass is 32.2. The molecule has 8 nitrogen and oxygen atoms in total. The third-order valence-corrected chi connectivity index (χ3v) is 6.62. The minimum absolute atomic E-state index is 0.0153. The summed E-state index contributed by atoms with van der Waals surface area (Å²) in [7, 11) is -2.29. The molecule has 0 amide bonds. The van der Waals surface area contributed by atoms with Crippen LogP contribution in [0.4, 0.5) is 5.69 Å². The maximum Gasteiger partial charge on any atom is 0.296 e. The molecule has 0 unspecified atom stereocenters. The molecular formula is C22H23N5O3S. The molecule has 0 aliphatic rings. The molecule has 9 heteroatoms. The maximum absolute atomic E-state index is 13.1. The number of hydrogen-bond acceptors (Lipinski definition) is 4. The smallest absolute Gasteiger partial charge is 0.283 e. The normalized spacial score (nSPS) is 11.6. The average Bonchev–Trinajstić information content (AvgIpc) is 3.22. The Kier molecular flexibility index (Phi) is 5.28. The van der Waals surface area contributed by atoms with E-state index in [0.717, 1.165) is 5.56 Å². The van der Waals surface area contributed by atoms with Crippen LogP contribution in [0.2, 0.25) is 0 Å². The number of nitrogens with one attached hydrogen (secondary N) is 1. The van der Waals surface area contributed by atoms with E-state index in [1.807, 2.05) is 48.5 Å². The van der Waals surface area contributed by atoms with Gasteiger partial charge in [0.05, 0.1) is 23.6 Å². The highest BCUT2D eigenvalue weighted by molar-refractivity contribution is 7.92. The van der Waals surface area contributed by atoms with Crippen molar-refractivity contribution in [2.45, 2.75) is 25.3 Å². The van der Waals surface area contributed by atoms with E-state index in [1.54, 1.807) is 42.4 Å². The number of aromatic nitrogens is 4. The van der Waals surface area contributed by atoms with Crippen molar-refractivity contribution in [3.05, 3.63) is 94.2 Å². The van der Waals surface area contributed by atoms with Gasteiger partial charge in [-0.05, 0) is 31.5 Å². The molecule has 0 aliphatic heterocycles. The third-order valence-electron chi connectivity index (χ3n) is 5.17. The van der Waals surface area contributed by atoms with Gasteiger partial charge in [-0.3, -0.25) is 18.9 Å². The average molecular weight is 438 g/mol. The molecule has 31 heavy (non-hydrogen) atoms. The summed E-state index contributed by atoms with van der Waals surface area (Å²) >= 11 is 0. The molecule has 0 bridgehead atoms. The topological polar surface area (TPSA) is 90.9 Å². The fraction of sp³-hybridized carbons (Fsp3) is 0.182. The predicted octanol–water partition coefficient (Wildman–Crippen LogP) is 2.84. The van der Waals surface area contributed by atoms with Crippen molar-refractivity contribution in [3.63, 3.8) is 0 Å². The fourth-order valence-corrected chi connectivity index (χ4v) is 4.79. The zero-order valence-electron chi connectivity index (χ0n) is 17.5. The zero-order chi connectivity index (χ0) is 22.2. The van der Waals surface area contributed by atoms with Crippen molar-refractivity contribution in [1.29, 1.82) is 0 Å². The molecule has 2 aromatic heterocycles. The van der Waals surface area contributed by atoms with Gasteiger partial charge in [0.25, 0.3) is 15.6 Å². The predicted molar refractivity (Wildman–Crippen MR) is 119 cm³/mol. The van der Waals surface area contributed by atoms with Crippen LogP contribution >= 0.6 is 0 Å². The monoisotopic (exact) mass is 437 g/mol. The standard InChI is InChI=1S/C22H23N5O3S/c1-16-20(15-26(23-16)14-18-10-6-4-7-11-18)31(29,30)24-21-17(2)25(3)27(22(21)28)19-12-8-5-9-13-19/h4-13,15,24H,14H2,1-3H3. The fourth-order valence-electron chi connectivity index (χ4n) is 3.49. The van der Waals surface area contributed by atoms with E-state index in [0.29, 0.717) is 23.6 Å². The number of aryl methyl sites for hydroxylation is 1. The van der Waals surface area contributed by atoms with Gasteiger partial charge >= 0.3 is 0 Å². The van der Waals surface area contributed by atoms with E-state index in [-0.39, 0.29) is 10.6 Å². The summed E-state index contributed by atoms with van der Waals surface area (Å²) in [5.74, 6) is 0. The Bertz CT molecular complexity index is 1380. The van der Waals surface area contributed by atoms with Gasteiger partial charge in [0.1, 0.15) is 10.6 Å². The molecule has 0 saturated heterocycles. The van der Waals surface area contributed by atoms with Crippen LogP contribution in [0, 0.1) is 13.8 Å². The molecule has 0 fully saturated rings. The summed E-state index contributed by atoms with van der Waals surface area (Å²) in [6, 6.07) is 18.7. The first-order valence-corrected chi connectivity index (χ1v) is 11.2. The minimum Gasteiger partial charge on any atom is -0.283 e. The lowest BCUT2D eigenvalue weighted by atomic mass is 10.2. The third kappa shape index (κ3) is 3.91. The lowest BCUT2D eigenvalue weighted by molar-refractivity contribution is 0.600. The van der Waals surface area contributed by atoms with Crippen molar-refractivity contribution in [1.82, 2.24) is 19.1 Å². The van der Waals surface area contributed by atoms with Crippen LogP contribution in [0.3, 0.4) is 0 Å². The lowest BCUT2D eigenvalue weighted by Gasteiger charge is -2.07. The Balaban J connectivity index is 1.68. The molecule has 4 rings (SSSR count). The van der Waals surface area contributed by atoms with E-state index in [4.69, 9.17) is 0 Å². The molecule has 4 aromatic rings. The first kappa shape index (κ1) is 20.7. The summed E-state index contributed by atoms with van der Waals surface area (Å²) in [6.45, 7) is 3.78. The van der Waals surface area contributed by atoms with Crippen LogP contribution < -0.4 is 10.3 Å². The summed E-state index contributed by atoms with van der Waals surface area (Å²) in [5, 5.41) is 4.34. The van der Waals surface area contributed by atoms with Gasteiger partial charge in [0.2, 0.25) is 0 Å². The zero-order valence-corrected chi connectivity index (χ0v) is 18.3. The second kappa shape index (κ2) is 7.92. The Hall–Kier alpha value is -3.59. The van der Waals surface area contributed by atoms with E-state index in [9.17, 15) is 13.2 Å². The number of anilines is 1. The molecule has 0 atom stereocenters. The quantitative estimate of drug-likeness (QED) is 0.502. The molecule has 160 valence electrons. The van der Waals surface area contributed by atoms with Gasteiger partial charge in [-0.15, -0.1) is 0 Å². The molecular weight excluding hydrogens is 414 g/mol. The van der Waals surface area contributed by atoms with E-state index >= 15 is 0 Å². The van der Waals surface area contributed by atoms with Gasteiger partial charge in [-0.2, -0.15) is 5.10 Å². The molecule has 0 aliphatic carbocycles. The first-order valence-electron chi connectivity index (χ1n) is 9.73. The molecule has 0 saturated carbocycles. The SMILES string of the molecule is Cc1nn(Cc2ccccc2)cc1S(=O)(=O)Nc1c(C)n(C)n(-c2ccccc2)c1=O. The molecule has 0 radical (unpaired) electrons. The van der Waals surface area contributed by atoms with Crippen LogP contribution in [0.25, 0.3) is 5.69 Å². The van der Waals surface area contributed by atoms with Crippen LogP contribution in [0.1, 0.15) is 17.0 Å². The first-order chi connectivity index (χ1) is 14.8. The summed E-state index contributed by atoms with van der Waals surface area (Å²) in [5.41, 5.74) is 2.10. The van der Waals surface area contributed by atoms with Crippen LogP contribution in [0.15, 0.2) is 76.6 Å². The number of nitrogens with zero attached hydrogens (tertiary/aromatic N) is 4. The van der Waals surface area contributed by atoms with Gasteiger partial charge < -0.3 is 0 Å². The van der Waals surface area contributed by atoms with Crippen LogP contribution in [-0.2, 0) is 23.6 Å². The number of sulfonamides is 1. The van der Waals surface area contributed by atoms with Gasteiger partial charge in [-0.25, -0.2) is 13.1 Å². The van der Waals surface area contributed by atoms with Gasteiger partial charge in [0.15, 0.2) is 0 Å². The van der Waals surface area contributed by atoms with E-state index in [1.165, 1.54) is 10.9 Å². The molecule has 2 aromatic carbocycles. The van der Waals surface area contributed by atoms with Crippen molar-refractivity contribution in [3.8, 4) is 5.69 Å². The maximum atomic E-state index is 13.1. The largest absolute Gasteiger partial charge is 0.296 e. The number of rotatable bonds is 6. The van der Waals surface area contributed by atoms with Crippen molar-refractivity contribution < 1.29 is 8.42 Å². The Morgan fingerprint density at radius 1 is 0.968 bits per heavy atom. The van der Waals surface area contributed by atoms with Crippen molar-refractivity contribution in [2.24, 2.45) is 7.05 Å². The Labute approximate surface area is 180 Å². The summed E-state index contributed by atoms with van der Waals surface area (Å²) in [6.07, 6.45) is 1.48. The summed E-state index contributed by atoms with van der Waals surface area (Å²) < 4.78 is 33.4. The lowest BCUT2D eigenvalue weighted by Crippen LogP contribution is -2.23. The highest BCUT2D eigenvalue weighted by Gasteiger charge is 2.25. The number of hydrogen-bond donors (Lipinski definition) is 1. The molecule has 1 N–H and O–H groups in total. The second-order valence-electron chi connectivity index (χ2n) is 7.30. The minimum atomic E-state index is -4.01. The molecule has 2 heterocycles. The van der Waals surface area contributed by atoms with Gasteiger partial charge in [-0.1, -0.05) is 48.5 Å². The van der Waals surface area contributed by atoms with Crippen molar-refractivity contribution >= 4 is 15.7 Å². The Morgan fingerprint density at radius 3 is 2.23 bits per heavy atom. The van der Waals surface area contributed by atoms with Gasteiger partial charge in [0, 0.05) is 13.2 Å². The Morgan fingerprint density at radius 2 is 1.58 bits per heavy atom. The molecule has 0 spiro atoms. The van der Waals surface area contributed by atoms with Crippen molar-refractivity contribution in [2.75, 3.05) is 4.72 Å².